The first-order valence-corrected chi connectivity index (χ1v) is 10.9. The van der Waals surface area contributed by atoms with Gasteiger partial charge in [-0.05, 0) is 36.8 Å². The van der Waals surface area contributed by atoms with Crippen molar-refractivity contribution in [3.05, 3.63) is 70.0 Å². The highest BCUT2D eigenvalue weighted by molar-refractivity contribution is 6.37. The van der Waals surface area contributed by atoms with Gasteiger partial charge in [0, 0.05) is 31.7 Å². The maximum absolute atomic E-state index is 13.3. The Morgan fingerprint density at radius 1 is 1.03 bits per heavy atom. The number of hydrogen-bond acceptors (Lipinski definition) is 5. The van der Waals surface area contributed by atoms with E-state index in [9.17, 15) is 9.18 Å². The molecule has 1 aromatic heterocycles. The number of amides is 1. The zero-order valence-corrected chi connectivity index (χ0v) is 18.9. The van der Waals surface area contributed by atoms with Crippen molar-refractivity contribution in [1.82, 2.24) is 15.1 Å². The van der Waals surface area contributed by atoms with Crippen molar-refractivity contribution >= 4 is 34.9 Å². The van der Waals surface area contributed by atoms with Crippen molar-refractivity contribution < 1.29 is 13.9 Å². The molecule has 2 heterocycles. The number of aromatic nitrogens is 2. The summed E-state index contributed by atoms with van der Waals surface area (Å²) in [5.74, 6) is 0.119. The number of piperazine rings is 1. The molecule has 1 aliphatic rings. The largest absolute Gasteiger partial charge is 0.481 e. The van der Waals surface area contributed by atoms with Crippen LogP contribution in [0.3, 0.4) is 0 Å². The third kappa shape index (κ3) is 4.95. The summed E-state index contributed by atoms with van der Waals surface area (Å²) in [6.07, 6.45) is 0. The Hall–Kier alpha value is -2.90. The minimum Gasteiger partial charge on any atom is -0.481 e. The molecule has 1 amide bonds. The fourth-order valence-electron chi connectivity index (χ4n) is 3.57. The molecule has 4 rings (SSSR count). The number of anilines is 1. The Morgan fingerprint density at radius 3 is 2.34 bits per heavy atom. The molecule has 0 unspecified atom stereocenters. The first kappa shape index (κ1) is 22.3. The number of rotatable bonds is 5. The molecule has 0 radical (unpaired) electrons. The van der Waals surface area contributed by atoms with Crippen molar-refractivity contribution in [2.75, 3.05) is 37.7 Å². The average molecular weight is 475 g/mol. The van der Waals surface area contributed by atoms with Crippen LogP contribution in [0.25, 0.3) is 11.3 Å². The number of benzene rings is 2. The molecule has 0 saturated carbocycles. The van der Waals surface area contributed by atoms with Crippen molar-refractivity contribution in [2.45, 2.75) is 6.92 Å². The third-order valence-corrected chi connectivity index (χ3v) is 5.89. The minimum atomic E-state index is -0.565. The summed E-state index contributed by atoms with van der Waals surface area (Å²) in [5, 5.41) is 8.82. The number of carbonyl (C=O) groups excluding carboxylic acids is 1. The minimum absolute atomic E-state index is 0.0281. The van der Waals surface area contributed by atoms with Gasteiger partial charge in [-0.1, -0.05) is 47.5 Å². The van der Waals surface area contributed by atoms with E-state index in [1.807, 2.05) is 43.3 Å². The van der Waals surface area contributed by atoms with E-state index in [0.717, 1.165) is 34.8 Å². The topological polar surface area (TPSA) is 58.6 Å². The van der Waals surface area contributed by atoms with Crippen LogP contribution >= 0.6 is 23.2 Å². The quantitative estimate of drug-likeness (QED) is 0.539. The van der Waals surface area contributed by atoms with Crippen LogP contribution < -0.4 is 9.64 Å². The molecular formula is C23H21Cl2FN4O2. The third-order valence-electron chi connectivity index (χ3n) is 5.33. The van der Waals surface area contributed by atoms with Gasteiger partial charge in [0.05, 0.1) is 15.7 Å². The molecule has 1 fully saturated rings. The van der Waals surface area contributed by atoms with Gasteiger partial charge in [-0.3, -0.25) is 4.79 Å². The van der Waals surface area contributed by atoms with Crippen LogP contribution in [0, 0.1) is 12.7 Å². The predicted molar refractivity (Wildman–Crippen MR) is 123 cm³/mol. The van der Waals surface area contributed by atoms with E-state index in [1.165, 1.54) is 0 Å². The molecule has 166 valence electrons. The molecule has 0 atom stereocenters. The maximum Gasteiger partial charge on any atom is 0.260 e. The lowest BCUT2D eigenvalue weighted by atomic mass is 10.1. The summed E-state index contributed by atoms with van der Waals surface area (Å²) in [6, 6.07) is 14.2. The van der Waals surface area contributed by atoms with Crippen LogP contribution in [0.1, 0.15) is 5.56 Å². The van der Waals surface area contributed by atoms with Gasteiger partial charge < -0.3 is 14.5 Å². The summed E-state index contributed by atoms with van der Waals surface area (Å²) >= 11 is 11.9. The molecule has 0 bridgehead atoms. The van der Waals surface area contributed by atoms with Crippen LogP contribution in [-0.2, 0) is 4.79 Å². The van der Waals surface area contributed by atoms with Gasteiger partial charge in [0.2, 0.25) is 0 Å². The number of halogens is 3. The van der Waals surface area contributed by atoms with E-state index >= 15 is 0 Å². The van der Waals surface area contributed by atoms with Gasteiger partial charge >= 0.3 is 0 Å². The summed E-state index contributed by atoms with van der Waals surface area (Å²) in [6.45, 7) is 4.12. The standard InChI is InChI=1S/C23H21Cl2FN4O2/c1-15-4-2-3-5-17(15)20-6-7-21(28-27-20)29-8-10-30(11-9-29)22(31)14-32-23-18(24)12-16(26)13-19(23)25/h2-7,12-13H,8-11,14H2,1H3. The SMILES string of the molecule is Cc1ccccc1-c1ccc(N2CCN(C(=O)COc3c(Cl)cc(F)cc3Cl)CC2)nn1. The number of carbonyl (C=O) groups is 1. The van der Waals surface area contributed by atoms with Crippen LogP contribution in [-0.4, -0.2) is 53.8 Å². The van der Waals surface area contributed by atoms with E-state index in [2.05, 4.69) is 15.1 Å². The normalized spacial score (nSPS) is 13.9. The van der Waals surface area contributed by atoms with Gasteiger partial charge in [-0.15, -0.1) is 10.2 Å². The second kappa shape index (κ2) is 9.71. The highest BCUT2D eigenvalue weighted by atomic mass is 35.5. The molecule has 0 spiro atoms. The van der Waals surface area contributed by atoms with Crippen molar-refractivity contribution in [3.63, 3.8) is 0 Å². The van der Waals surface area contributed by atoms with E-state index in [-0.39, 0.29) is 28.3 Å². The lowest BCUT2D eigenvalue weighted by Gasteiger charge is -2.35. The van der Waals surface area contributed by atoms with Gasteiger partial charge in [-0.25, -0.2) is 4.39 Å². The molecule has 32 heavy (non-hydrogen) atoms. The number of aryl methyl sites for hydroxylation is 1. The highest BCUT2D eigenvalue weighted by Crippen LogP contribution is 2.33. The Morgan fingerprint density at radius 2 is 1.72 bits per heavy atom. The fraction of sp³-hybridized carbons (Fsp3) is 0.261. The van der Waals surface area contributed by atoms with E-state index < -0.39 is 5.82 Å². The molecule has 6 nitrogen and oxygen atoms in total. The summed E-state index contributed by atoms with van der Waals surface area (Å²) in [5.41, 5.74) is 3.03. The second-order valence-corrected chi connectivity index (χ2v) is 8.26. The Bertz CT molecular complexity index is 1100. The monoisotopic (exact) mass is 474 g/mol. The van der Waals surface area contributed by atoms with Gasteiger partial charge in [0.1, 0.15) is 5.82 Å². The van der Waals surface area contributed by atoms with Gasteiger partial charge in [0.15, 0.2) is 18.2 Å². The van der Waals surface area contributed by atoms with Crippen LogP contribution in [0.4, 0.5) is 10.2 Å². The van der Waals surface area contributed by atoms with E-state index in [1.54, 1.807) is 4.90 Å². The maximum atomic E-state index is 13.3. The summed E-state index contributed by atoms with van der Waals surface area (Å²) in [7, 11) is 0. The Kier molecular flexibility index (Phi) is 6.77. The van der Waals surface area contributed by atoms with Crippen molar-refractivity contribution in [2.24, 2.45) is 0 Å². The molecule has 2 aromatic carbocycles. The Balaban J connectivity index is 1.32. The van der Waals surface area contributed by atoms with Gasteiger partial charge in [-0.2, -0.15) is 0 Å². The van der Waals surface area contributed by atoms with Crippen LogP contribution in [0.15, 0.2) is 48.5 Å². The lowest BCUT2D eigenvalue weighted by Crippen LogP contribution is -2.50. The first-order valence-electron chi connectivity index (χ1n) is 10.1. The predicted octanol–water partition coefficient (Wildman–Crippen LogP) is 4.63. The van der Waals surface area contributed by atoms with Crippen molar-refractivity contribution in [1.29, 1.82) is 0 Å². The van der Waals surface area contributed by atoms with E-state index in [0.29, 0.717) is 26.2 Å². The molecule has 0 aliphatic carbocycles. The van der Waals surface area contributed by atoms with E-state index in [4.69, 9.17) is 27.9 Å². The average Bonchev–Trinajstić information content (AvgIpc) is 2.79. The van der Waals surface area contributed by atoms with Gasteiger partial charge in [0.25, 0.3) is 5.91 Å². The molecular weight excluding hydrogens is 454 g/mol. The smallest absolute Gasteiger partial charge is 0.260 e. The molecule has 0 N–H and O–H groups in total. The van der Waals surface area contributed by atoms with Crippen molar-refractivity contribution in [3.8, 4) is 17.0 Å². The lowest BCUT2D eigenvalue weighted by molar-refractivity contribution is -0.133. The highest BCUT2D eigenvalue weighted by Gasteiger charge is 2.23. The fourth-order valence-corrected chi connectivity index (χ4v) is 4.14. The number of hydrogen-bond donors (Lipinski definition) is 0. The zero-order chi connectivity index (χ0) is 22.7. The van der Waals surface area contributed by atoms with Crippen LogP contribution in [0.5, 0.6) is 5.75 Å². The molecule has 3 aromatic rings. The number of ether oxygens (including phenoxy) is 1. The first-order chi connectivity index (χ1) is 15.4. The molecule has 1 aliphatic heterocycles. The number of nitrogens with zero attached hydrogens (tertiary/aromatic N) is 4. The molecule has 9 heteroatoms. The summed E-state index contributed by atoms with van der Waals surface area (Å²) in [4.78, 5) is 16.3. The second-order valence-electron chi connectivity index (χ2n) is 7.45. The van der Waals surface area contributed by atoms with Crippen LogP contribution in [0.2, 0.25) is 10.0 Å². The summed E-state index contributed by atoms with van der Waals surface area (Å²) < 4.78 is 18.7. The zero-order valence-electron chi connectivity index (χ0n) is 17.4. The molecule has 1 saturated heterocycles. The Labute approximate surface area is 195 Å².